The molecule has 0 saturated heterocycles. The van der Waals surface area contributed by atoms with Crippen LogP contribution in [0, 0.1) is 0 Å². The number of esters is 2. The summed E-state index contributed by atoms with van der Waals surface area (Å²) in [6.07, 6.45) is 40.7. The summed E-state index contributed by atoms with van der Waals surface area (Å²) < 4.78 is 33.5. The molecule has 1 fully saturated rings. The third-order valence-electron chi connectivity index (χ3n) is 11.0. The van der Waals surface area contributed by atoms with E-state index in [9.17, 15) is 44.6 Å². The van der Waals surface area contributed by atoms with Crippen LogP contribution < -0.4 is 0 Å². The predicted molar refractivity (Wildman–Crippen MR) is 262 cm³/mol. The van der Waals surface area contributed by atoms with Crippen LogP contribution in [0.4, 0.5) is 0 Å². The molecule has 378 valence electrons. The number of hydrogen-bond donors (Lipinski definition) is 6. The number of ether oxygens (including phenoxy) is 2. The molecule has 1 aliphatic rings. The number of phosphoric acid groups is 1. The largest absolute Gasteiger partial charge is 0.472 e. The predicted octanol–water partition coefficient (Wildman–Crippen LogP) is 10.4. The summed E-state index contributed by atoms with van der Waals surface area (Å²) in [5.74, 6) is -1.21. The maximum Gasteiger partial charge on any atom is 0.472 e. The van der Waals surface area contributed by atoms with Gasteiger partial charge in [0.2, 0.25) is 0 Å². The highest BCUT2D eigenvalue weighted by Crippen LogP contribution is 2.47. The summed E-state index contributed by atoms with van der Waals surface area (Å²) in [5, 5.41) is 50.2. The molecule has 0 amide bonds. The van der Waals surface area contributed by atoms with Gasteiger partial charge in [0.1, 0.15) is 43.2 Å². The quantitative estimate of drug-likeness (QED) is 0.0146. The summed E-state index contributed by atoms with van der Waals surface area (Å²) in [6, 6.07) is 0. The Labute approximate surface area is 397 Å². The van der Waals surface area contributed by atoms with Crippen LogP contribution in [0.15, 0.2) is 85.1 Å². The van der Waals surface area contributed by atoms with Gasteiger partial charge in [0.05, 0.1) is 6.61 Å². The molecule has 1 saturated carbocycles. The summed E-state index contributed by atoms with van der Waals surface area (Å²) in [6.45, 7) is 3.12. The lowest BCUT2D eigenvalue weighted by Gasteiger charge is -2.41. The summed E-state index contributed by atoms with van der Waals surface area (Å²) in [5.41, 5.74) is 0. The molecule has 0 heterocycles. The molecule has 66 heavy (non-hydrogen) atoms. The molecular formula is C52H87O13P. The molecule has 13 nitrogen and oxygen atoms in total. The minimum atomic E-state index is -5.15. The SMILES string of the molecule is CC/C=C\C/C=C\C/C=C\C/C=C\C/C=C\C/C=C\CCC(=O)OC(COC(=O)CCCCCCCCC/C=C\CCCCCCCCC)COP(=O)(O)OC1C(O)C(O)C(O)C(O)C1O. The zero-order valence-corrected chi connectivity index (χ0v) is 41.1. The summed E-state index contributed by atoms with van der Waals surface area (Å²) in [4.78, 5) is 35.8. The number of hydrogen-bond acceptors (Lipinski definition) is 12. The zero-order valence-electron chi connectivity index (χ0n) is 40.2. The monoisotopic (exact) mass is 951 g/mol. The number of rotatable bonds is 40. The van der Waals surface area contributed by atoms with Crippen LogP contribution in [0.2, 0.25) is 0 Å². The lowest BCUT2D eigenvalue weighted by molar-refractivity contribution is -0.220. The van der Waals surface area contributed by atoms with E-state index in [0.717, 1.165) is 64.2 Å². The van der Waals surface area contributed by atoms with Gasteiger partial charge in [0.15, 0.2) is 6.10 Å². The van der Waals surface area contributed by atoms with Gasteiger partial charge in [-0.25, -0.2) is 4.57 Å². The van der Waals surface area contributed by atoms with Crippen LogP contribution >= 0.6 is 7.82 Å². The fourth-order valence-corrected chi connectivity index (χ4v) is 7.99. The first-order valence-corrected chi connectivity index (χ1v) is 26.4. The number of aliphatic hydroxyl groups excluding tert-OH is 5. The first-order valence-electron chi connectivity index (χ1n) is 24.9. The van der Waals surface area contributed by atoms with E-state index < -0.39 is 75.7 Å². The molecule has 0 aromatic heterocycles. The molecule has 0 spiro atoms. The van der Waals surface area contributed by atoms with Crippen LogP contribution in [-0.4, -0.2) is 98.3 Å². The van der Waals surface area contributed by atoms with Crippen LogP contribution in [0.3, 0.4) is 0 Å². The van der Waals surface area contributed by atoms with Gasteiger partial charge in [0, 0.05) is 12.8 Å². The number of carbonyl (C=O) groups excluding carboxylic acids is 2. The second kappa shape index (κ2) is 41.0. The van der Waals surface area contributed by atoms with Crippen molar-refractivity contribution in [2.75, 3.05) is 13.2 Å². The average Bonchev–Trinajstić information content (AvgIpc) is 3.30. The highest BCUT2D eigenvalue weighted by Gasteiger charge is 2.51. The number of aliphatic hydroxyl groups is 5. The minimum Gasteiger partial charge on any atom is -0.462 e. The van der Waals surface area contributed by atoms with E-state index in [2.05, 4.69) is 80.7 Å². The molecule has 0 bridgehead atoms. The van der Waals surface area contributed by atoms with Gasteiger partial charge in [-0.2, -0.15) is 0 Å². The van der Waals surface area contributed by atoms with Gasteiger partial charge in [0.25, 0.3) is 0 Å². The lowest BCUT2D eigenvalue weighted by atomic mass is 9.85. The van der Waals surface area contributed by atoms with E-state index in [1.165, 1.54) is 64.2 Å². The Balaban J connectivity index is 2.49. The number of allylic oxidation sites excluding steroid dienone is 14. The second-order valence-electron chi connectivity index (χ2n) is 16.9. The molecule has 6 unspecified atom stereocenters. The van der Waals surface area contributed by atoms with Gasteiger partial charge in [-0.15, -0.1) is 0 Å². The van der Waals surface area contributed by atoms with Crippen LogP contribution in [-0.2, 0) is 32.7 Å². The van der Waals surface area contributed by atoms with E-state index in [1.54, 1.807) is 0 Å². The van der Waals surface area contributed by atoms with Crippen LogP contribution in [0.1, 0.15) is 174 Å². The van der Waals surface area contributed by atoms with Gasteiger partial charge in [-0.05, 0) is 77.0 Å². The molecule has 0 aliphatic heterocycles. The molecule has 6 atom stereocenters. The summed E-state index contributed by atoms with van der Waals surface area (Å²) in [7, 11) is -5.15. The highest BCUT2D eigenvalue weighted by molar-refractivity contribution is 7.47. The molecule has 1 rings (SSSR count). The van der Waals surface area contributed by atoms with Crippen molar-refractivity contribution in [3.8, 4) is 0 Å². The Morgan fingerprint density at radius 3 is 1.38 bits per heavy atom. The first kappa shape index (κ1) is 61.0. The van der Waals surface area contributed by atoms with Crippen molar-refractivity contribution < 1.29 is 63.1 Å². The van der Waals surface area contributed by atoms with E-state index >= 15 is 0 Å². The van der Waals surface area contributed by atoms with Crippen molar-refractivity contribution in [2.24, 2.45) is 0 Å². The Kier molecular flexibility index (Phi) is 38.0. The van der Waals surface area contributed by atoms with E-state index in [0.29, 0.717) is 19.3 Å². The van der Waals surface area contributed by atoms with E-state index in [1.807, 2.05) is 18.2 Å². The summed E-state index contributed by atoms with van der Waals surface area (Å²) >= 11 is 0. The molecule has 14 heteroatoms. The molecule has 6 N–H and O–H groups in total. The second-order valence-corrected chi connectivity index (χ2v) is 18.3. The number of carbonyl (C=O) groups is 2. The first-order chi connectivity index (χ1) is 31.9. The van der Waals surface area contributed by atoms with Crippen molar-refractivity contribution >= 4 is 19.8 Å². The van der Waals surface area contributed by atoms with Gasteiger partial charge < -0.3 is 39.9 Å². The fourth-order valence-electron chi connectivity index (χ4n) is 7.01. The van der Waals surface area contributed by atoms with Crippen molar-refractivity contribution in [3.05, 3.63) is 85.1 Å². The normalized spacial score (nSPS) is 22.0. The standard InChI is InChI=1S/C52H87O13P/c1-3-5-7-9-11-13-15-17-19-21-23-25-27-29-31-33-35-37-39-41-46(54)64-44(43-63-66(60,61)65-52-50(58)48(56)47(55)49(57)51(52)59)42-62-45(53)40-38-36-34-32-30-28-26-24-22-20-18-16-14-12-10-8-6-4-2/h5,7,11,13,17,19-20,22-23,25,29,31,35,37,44,47-52,55-59H,3-4,6,8-10,12,14-16,18,21,24,26-28,30,32-34,36,38-43H2,1-2H3,(H,60,61)/b7-5-,13-11-,19-17-,22-20-,25-23-,31-29-,37-35-. The minimum absolute atomic E-state index is 0.0333. The molecule has 0 radical (unpaired) electrons. The van der Waals surface area contributed by atoms with Crippen molar-refractivity contribution in [1.29, 1.82) is 0 Å². The van der Waals surface area contributed by atoms with Crippen molar-refractivity contribution in [3.63, 3.8) is 0 Å². The zero-order chi connectivity index (χ0) is 48.5. The maximum absolute atomic E-state index is 12.8. The molecule has 0 aromatic rings. The maximum atomic E-state index is 12.8. The smallest absolute Gasteiger partial charge is 0.462 e. The molecule has 0 aromatic carbocycles. The average molecular weight is 951 g/mol. The van der Waals surface area contributed by atoms with Gasteiger partial charge >= 0.3 is 19.8 Å². The fraction of sp³-hybridized carbons (Fsp3) is 0.692. The third-order valence-corrected chi connectivity index (χ3v) is 12.0. The Bertz CT molecular complexity index is 1470. The van der Waals surface area contributed by atoms with Crippen LogP contribution in [0.5, 0.6) is 0 Å². The van der Waals surface area contributed by atoms with Gasteiger partial charge in [-0.3, -0.25) is 18.6 Å². The number of unbranched alkanes of at least 4 members (excludes halogenated alkanes) is 14. The van der Waals surface area contributed by atoms with E-state index in [4.69, 9.17) is 18.5 Å². The van der Waals surface area contributed by atoms with E-state index in [-0.39, 0.29) is 12.8 Å². The Morgan fingerprint density at radius 2 is 0.894 bits per heavy atom. The highest BCUT2D eigenvalue weighted by atomic mass is 31.2. The Hall–Kier alpha value is -2.97. The lowest BCUT2D eigenvalue weighted by Crippen LogP contribution is -2.64. The topological polar surface area (TPSA) is 210 Å². The molecule has 1 aliphatic carbocycles. The van der Waals surface area contributed by atoms with Gasteiger partial charge in [-0.1, -0.05) is 170 Å². The third kappa shape index (κ3) is 32.7. The number of phosphoric ester groups is 1. The van der Waals surface area contributed by atoms with Crippen molar-refractivity contribution in [2.45, 2.75) is 217 Å². The molecular weight excluding hydrogens is 864 g/mol. The van der Waals surface area contributed by atoms with Crippen LogP contribution in [0.25, 0.3) is 0 Å². The Morgan fingerprint density at radius 1 is 0.485 bits per heavy atom. The van der Waals surface area contributed by atoms with Crippen molar-refractivity contribution in [1.82, 2.24) is 0 Å².